The molecule has 0 unspecified atom stereocenters. The smallest absolute Gasteiger partial charge is 0.253 e. The monoisotopic (exact) mass is 412 g/mol. The van der Waals surface area contributed by atoms with Gasteiger partial charge in [0, 0.05) is 22.4 Å². The van der Waals surface area contributed by atoms with Gasteiger partial charge in [0.25, 0.3) is 5.91 Å². The summed E-state index contributed by atoms with van der Waals surface area (Å²) in [6.07, 6.45) is 3.85. The van der Waals surface area contributed by atoms with E-state index in [0.29, 0.717) is 12.1 Å². The summed E-state index contributed by atoms with van der Waals surface area (Å²) in [6, 6.07) is 28.3. The van der Waals surface area contributed by atoms with Crippen molar-refractivity contribution in [1.82, 2.24) is 10.3 Å². The molecule has 3 aromatic carbocycles. The molecule has 1 N–H and O–H groups in total. The largest absolute Gasteiger partial charge is 0.352 e. The summed E-state index contributed by atoms with van der Waals surface area (Å²) in [5.41, 5.74) is 4.72. The Morgan fingerprint density at radius 1 is 0.900 bits per heavy atom. The molecule has 4 heteroatoms. The van der Waals surface area contributed by atoms with E-state index in [0.717, 1.165) is 39.9 Å². The van der Waals surface area contributed by atoms with Gasteiger partial charge in [-0.15, -0.1) is 11.8 Å². The molecule has 0 spiro atoms. The quantitative estimate of drug-likeness (QED) is 0.300. The number of para-hydroxylation sites is 1. The van der Waals surface area contributed by atoms with Gasteiger partial charge in [-0.05, 0) is 30.7 Å². The van der Waals surface area contributed by atoms with E-state index in [9.17, 15) is 4.79 Å². The van der Waals surface area contributed by atoms with E-state index < -0.39 is 0 Å². The Morgan fingerprint density at radius 2 is 1.57 bits per heavy atom. The fourth-order valence-electron chi connectivity index (χ4n) is 3.64. The second-order valence-electron chi connectivity index (χ2n) is 7.10. The Labute approximate surface area is 181 Å². The minimum Gasteiger partial charge on any atom is -0.352 e. The minimum absolute atomic E-state index is 0.0387. The van der Waals surface area contributed by atoms with Crippen LogP contribution in [0, 0.1) is 0 Å². The average molecular weight is 413 g/mol. The third-order valence-corrected chi connectivity index (χ3v) is 5.90. The molecule has 0 aliphatic rings. The zero-order chi connectivity index (χ0) is 20.8. The predicted octanol–water partition coefficient (Wildman–Crippen LogP) is 5.99. The number of thioether (sulfide) groups is 1. The van der Waals surface area contributed by atoms with E-state index in [1.807, 2.05) is 79.1 Å². The standard InChI is InChI=1S/C26H24N2OS/c1-30-25-23(26(29)27-18-10-13-19-11-4-2-5-12-19)21-16-8-9-17-22(21)28-24(25)20-14-6-3-7-15-20/h2-9,11-12,14-17H,10,13,18H2,1H3,(H,27,29). The summed E-state index contributed by atoms with van der Waals surface area (Å²) < 4.78 is 0. The molecule has 0 fully saturated rings. The lowest BCUT2D eigenvalue weighted by Crippen LogP contribution is -2.26. The minimum atomic E-state index is -0.0387. The molecule has 4 aromatic rings. The van der Waals surface area contributed by atoms with Crippen molar-refractivity contribution in [2.75, 3.05) is 12.8 Å². The first kappa shape index (κ1) is 20.2. The normalized spacial score (nSPS) is 10.8. The van der Waals surface area contributed by atoms with Crippen molar-refractivity contribution < 1.29 is 4.79 Å². The maximum Gasteiger partial charge on any atom is 0.253 e. The van der Waals surface area contributed by atoms with Crippen LogP contribution in [0.15, 0.2) is 89.8 Å². The number of aryl methyl sites for hydroxylation is 1. The van der Waals surface area contributed by atoms with Crippen LogP contribution in [0.2, 0.25) is 0 Å². The first-order chi connectivity index (χ1) is 14.8. The highest BCUT2D eigenvalue weighted by Crippen LogP contribution is 2.35. The summed E-state index contributed by atoms with van der Waals surface area (Å²) >= 11 is 1.57. The molecule has 0 radical (unpaired) electrons. The van der Waals surface area contributed by atoms with Crippen molar-refractivity contribution in [3.8, 4) is 11.3 Å². The van der Waals surface area contributed by atoms with Gasteiger partial charge in [-0.25, -0.2) is 4.98 Å². The predicted molar refractivity (Wildman–Crippen MR) is 126 cm³/mol. The number of hydrogen-bond donors (Lipinski definition) is 1. The van der Waals surface area contributed by atoms with Gasteiger partial charge in [0.05, 0.1) is 16.8 Å². The van der Waals surface area contributed by atoms with Crippen LogP contribution in [0.1, 0.15) is 22.3 Å². The van der Waals surface area contributed by atoms with Crippen molar-refractivity contribution in [3.63, 3.8) is 0 Å². The molecule has 30 heavy (non-hydrogen) atoms. The third-order valence-electron chi connectivity index (χ3n) is 5.10. The first-order valence-corrected chi connectivity index (χ1v) is 11.3. The second kappa shape index (κ2) is 9.59. The van der Waals surface area contributed by atoms with E-state index in [2.05, 4.69) is 17.4 Å². The Morgan fingerprint density at radius 3 is 2.30 bits per heavy atom. The highest BCUT2D eigenvalue weighted by Gasteiger charge is 2.20. The van der Waals surface area contributed by atoms with Crippen molar-refractivity contribution >= 4 is 28.6 Å². The van der Waals surface area contributed by atoms with Crippen LogP contribution < -0.4 is 5.32 Å². The number of benzene rings is 3. The van der Waals surface area contributed by atoms with Gasteiger partial charge in [-0.1, -0.05) is 78.9 Å². The fraction of sp³-hybridized carbons (Fsp3) is 0.154. The van der Waals surface area contributed by atoms with Crippen molar-refractivity contribution in [1.29, 1.82) is 0 Å². The van der Waals surface area contributed by atoms with Crippen LogP contribution in [0.25, 0.3) is 22.2 Å². The lowest BCUT2D eigenvalue weighted by Gasteiger charge is -2.16. The lowest BCUT2D eigenvalue weighted by molar-refractivity contribution is 0.0952. The van der Waals surface area contributed by atoms with Crippen molar-refractivity contribution in [3.05, 3.63) is 96.1 Å². The van der Waals surface area contributed by atoms with Gasteiger partial charge >= 0.3 is 0 Å². The number of aromatic nitrogens is 1. The van der Waals surface area contributed by atoms with Gasteiger partial charge in [0.2, 0.25) is 0 Å². The molecular formula is C26H24N2OS. The number of rotatable bonds is 7. The average Bonchev–Trinajstić information content (AvgIpc) is 2.81. The van der Waals surface area contributed by atoms with E-state index in [-0.39, 0.29) is 5.91 Å². The van der Waals surface area contributed by atoms with Gasteiger partial charge in [0.1, 0.15) is 0 Å². The number of nitrogens with one attached hydrogen (secondary N) is 1. The molecule has 4 rings (SSSR count). The highest BCUT2D eigenvalue weighted by atomic mass is 32.2. The van der Waals surface area contributed by atoms with Gasteiger partial charge < -0.3 is 5.32 Å². The number of amides is 1. The first-order valence-electron chi connectivity index (χ1n) is 10.1. The van der Waals surface area contributed by atoms with Crippen LogP contribution in [0.5, 0.6) is 0 Å². The van der Waals surface area contributed by atoms with Crippen LogP contribution in [-0.2, 0) is 6.42 Å². The SMILES string of the molecule is CSc1c(-c2ccccc2)nc2ccccc2c1C(=O)NCCCc1ccccc1. The van der Waals surface area contributed by atoms with Crippen molar-refractivity contribution in [2.24, 2.45) is 0 Å². The molecular weight excluding hydrogens is 388 g/mol. The highest BCUT2D eigenvalue weighted by molar-refractivity contribution is 7.98. The lowest BCUT2D eigenvalue weighted by atomic mass is 10.0. The summed E-state index contributed by atoms with van der Waals surface area (Å²) in [5.74, 6) is -0.0387. The number of fused-ring (bicyclic) bond motifs is 1. The molecule has 1 aromatic heterocycles. The maximum atomic E-state index is 13.3. The third kappa shape index (κ3) is 4.39. The molecule has 0 aliphatic carbocycles. The molecule has 1 heterocycles. The summed E-state index contributed by atoms with van der Waals surface area (Å²) in [4.78, 5) is 19.1. The molecule has 150 valence electrons. The topological polar surface area (TPSA) is 42.0 Å². The van der Waals surface area contributed by atoms with Gasteiger partial charge in [0.15, 0.2) is 0 Å². The molecule has 0 saturated heterocycles. The van der Waals surface area contributed by atoms with Crippen LogP contribution in [0.4, 0.5) is 0 Å². The summed E-state index contributed by atoms with van der Waals surface area (Å²) in [5, 5.41) is 4.03. The van der Waals surface area contributed by atoms with Gasteiger partial charge in [-0.2, -0.15) is 0 Å². The Bertz CT molecular complexity index is 1140. The van der Waals surface area contributed by atoms with Crippen LogP contribution in [0.3, 0.4) is 0 Å². The maximum absolute atomic E-state index is 13.3. The molecule has 3 nitrogen and oxygen atoms in total. The number of hydrogen-bond acceptors (Lipinski definition) is 3. The summed E-state index contributed by atoms with van der Waals surface area (Å²) in [7, 11) is 0. The number of pyridine rings is 1. The van der Waals surface area contributed by atoms with Crippen molar-refractivity contribution in [2.45, 2.75) is 17.7 Å². The van der Waals surface area contributed by atoms with E-state index in [4.69, 9.17) is 4.98 Å². The zero-order valence-electron chi connectivity index (χ0n) is 17.0. The molecule has 0 atom stereocenters. The molecule has 0 saturated carbocycles. The Balaban J connectivity index is 1.64. The van der Waals surface area contributed by atoms with E-state index in [1.165, 1.54) is 5.56 Å². The zero-order valence-corrected chi connectivity index (χ0v) is 17.8. The second-order valence-corrected chi connectivity index (χ2v) is 7.91. The van der Waals surface area contributed by atoms with E-state index in [1.54, 1.807) is 11.8 Å². The number of nitrogens with zero attached hydrogens (tertiary/aromatic N) is 1. The van der Waals surface area contributed by atoms with Crippen LogP contribution in [-0.4, -0.2) is 23.7 Å². The summed E-state index contributed by atoms with van der Waals surface area (Å²) in [6.45, 7) is 0.638. The van der Waals surface area contributed by atoms with Crippen LogP contribution >= 0.6 is 11.8 Å². The fourth-order valence-corrected chi connectivity index (χ4v) is 4.40. The molecule has 1 amide bonds. The molecule has 0 aliphatic heterocycles. The van der Waals surface area contributed by atoms with Gasteiger partial charge in [-0.3, -0.25) is 4.79 Å². The Hall–Kier alpha value is -3.11. The molecule has 0 bridgehead atoms. The number of carbonyl (C=O) groups is 1. The van der Waals surface area contributed by atoms with E-state index >= 15 is 0 Å². The Kier molecular flexibility index (Phi) is 6.45. The number of carbonyl (C=O) groups excluding carboxylic acids is 1.